The number of ether oxygens (including phenoxy) is 3. The summed E-state index contributed by atoms with van der Waals surface area (Å²) < 4.78 is 31.4. The van der Waals surface area contributed by atoms with Crippen LogP contribution in [0.25, 0.3) is 10.9 Å². The molecule has 0 radical (unpaired) electrons. The van der Waals surface area contributed by atoms with E-state index >= 15 is 0 Å². The van der Waals surface area contributed by atoms with Crippen molar-refractivity contribution >= 4 is 28.4 Å². The molecule has 3 aromatic rings. The van der Waals surface area contributed by atoms with Gasteiger partial charge in [0, 0.05) is 25.1 Å². The highest BCUT2D eigenvalue weighted by Gasteiger charge is 2.35. The molecule has 2 aromatic carbocycles. The Hall–Kier alpha value is -3.05. The van der Waals surface area contributed by atoms with E-state index in [1.807, 2.05) is 0 Å². The Kier molecular flexibility index (Phi) is 8.20. The van der Waals surface area contributed by atoms with E-state index in [2.05, 4.69) is 15.3 Å². The molecule has 0 aliphatic carbocycles. The normalized spacial score (nSPS) is 19.8. The van der Waals surface area contributed by atoms with Gasteiger partial charge in [0.25, 0.3) is 11.5 Å². The molecule has 0 saturated carbocycles. The predicted octanol–water partition coefficient (Wildman–Crippen LogP) is 2.97. The van der Waals surface area contributed by atoms with Crippen molar-refractivity contribution in [2.75, 3.05) is 26.9 Å². The van der Waals surface area contributed by atoms with Crippen LogP contribution in [0.1, 0.15) is 35.4 Å². The molecule has 36 heavy (non-hydrogen) atoms. The summed E-state index contributed by atoms with van der Waals surface area (Å²) in [5.74, 6) is -1.74. The first-order valence-corrected chi connectivity index (χ1v) is 11.9. The van der Waals surface area contributed by atoms with Crippen molar-refractivity contribution < 1.29 is 28.5 Å². The van der Waals surface area contributed by atoms with Gasteiger partial charge in [0.1, 0.15) is 11.0 Å². The zero-order valence-corrected chi connectivity index (χ0v) is 20.4. The van der Waals surface area contributed by atoms with Gasteiger partial charge in [-0.25, -0.2) is 9.37 Å². The van der Waals surface area contributed by atoms with Gasteiger partial charge in [-0.2, -0.15) is 0 Å². The quantitative estimate of drug-likeness (QED) is 0.397. The van der Waals surface area contributed by atoms with Crippen LogP contribution in [0.2, 0.25) is 5.02 Å². The number of aliphatic hydroxyl groups excluding tert-OH is 1. The third kappa shape index (κ3) is 5.84. The van der Waals surface area contributed by atoms with Crippen LogP contribution in [0.5, 0.6) is 5.75 Å². The molecular formula is C25H27ClFN3O6. The van der Waals surface area contributed by atoms with Crippen molar-refractivity contribution in [2.24, 2.45) is 0 Å². The summed E-state index contributed by atoms with van der Waals surface area (Å²) in [5, 5.41) is 12.6. The zero-order valence-electron chi connectivity index (χ0n) is 19.7. The number of methoxy groups -OCH3 is 1. The minimum absolute atomic E-state index is 0.0790. The van der Waals surface area contributed by atoms with E-state index in [0.29, 0.717) is 24.3 Å². The molecule has 1 amide bonds. The molecule has 1 aliphatic rings. The van der Waals surface area contributed by atoms with Gasteiger partial charge < -0.3 is 29.6 Å². The van der Waals surface area contributed by atoms with Gasteiger partial charge in [-0.15, -0.1) is 0 Å². The van der Waals surface area contributed by atoms with Crippen LogP contribution in [0.4, 0.5) is 4.39 Å². The van der Waals surface area contributed by atoms with E-state index in [0.717, 1.165) is 11.6 Å². The Morgan fingerprint density at radius 3 is 2.92 bits per heavy atom. The van der Waals surface area contributed by atoms with Gasteiger partial charge in [0.2, 0.25) is 0 Å². The SMILES string of the molecule is COC1(CO)CCC(CCOc2c(F)ccc3nc(C(=O)NCc4cccc(Cl)c4)[nH]c(=O)c23)OC1. The molecule has 0 bridgehead atoms. The Morgan fingerprint density at radius 2 is 2.22 bits per heavy atom. The Balaban J connectivity index is 1.43. The summed E-state index contributed by atoms with van der Waals surface area (Å²) >= 11 is 5.96. The highest BCUT2D eigenvalue weighted by atomic mass is 35.5. The number of H-pyrrole nitrogens is 1. The smallest absolute Gasteiger partial charge is 0.287 e. The summed E-state index contributed by atoms with van der Waals surface area (Å²) in [6.07, 6.45) is 1.57. The third-order valence-corrected chi connectivity index (χ3v) is 6.48. The van der Waals surface area contributed by atoms with Gasteiger partial charge in [-0.3, -0.25) is 9.59 Å². The fourth-order valence-electron chi connectivity index (χ4n) is 4.06. The fourth-order valence-corrected chi connectivity index (χ4v) is 4.27. The van der Waals surface area contributed by atoms with E-state index in [-0.39, 0.29) is 54.9 Å². The standard InChI is InChI=1S/C25H27ClFN3O6/c1-34-25(13-31)9-7-17(36-14-25)8-10-35-21-18(27)5-6-19-20(21)23(32)30-22(29-19)24(33)28-12-15-3-2-4-16(26)11-15/h2-6,11,17,31H,7-10,12-14H2,1H3,(H,28,33)(H,29,30,32). The Labute approximate surface area is 211 Å². The number of halogens is 2. The minimum atomic E-state index is -0.712. The largest absolute Gasteiger partial charge is 0.489 e. The molecule has 0 spiro atoms. The first-order valence-electron chi connectivity index (χ1n) is 11.5. The van der Waals surface area contributed by atoms with Gasteiger partial charge in [-0.1, -0.05) is 23.7 Å². The summed E-state index contributed by atoms with van der Waals surface area (Å²) in [7, 11) is 1.53. The van der Waals surface area contributed by atoms with Crippen LogP contribution in [-0.2, 0) is 16.0 Å². The lowest BCUT2D eigenvalue weighted by Gasteiger charge is -2.37. The molecule has 9 nitrogen and oxygen atoms in total. The lowest BCUT2D eigenvalue weighted by Crippen LogP contribution is -2.46. The first-order chi connectivity index (χ1) is 17.3. The van der Waals surface area contributed by atoms with Crippen molar-refractivity contribution in [2.45, 2.75) is 37.5 Å². The second-order valence-corrected chi connectivity index (χ2v) is 9.09. The lowest BCUT2D eigenvalue weighted by atomic mass is 9.93. The number of rotatable bonds is 9. The molecule has 2 unspecified atom stereocenters. The fraction of sp³-hybridized carbons (Fsp3) is 0.400. The van der Waals surface area contributed by atoms with E-state index in [4.69, 9.17) is 25.8 Å². The maximum absolute atomic E-state index is 14.6. The summed E-state index contributed by atoms with van der Waals surface area (Å²) in [5.41, 5.74) is -0.479. The number of aromatic nitrogens is 2. The van der Waals surface area contributed by atoms with Crippen molar-refractivity contribution in [1.29, 1.82) is 0 Å². The molecular weight excluding hydrogens is 493 g/mol. The molecule has 192 valence electrons. The van der Waals surface area contributed by atoms with Crippen LogP contribution in [0, 0.1) is 5.82 Å². The number of hydrogen-bond donors (Lipinski definition) is 3. The number of carbonyl (C=O) groups is 1. The average Bonchev–Trinajstić information content (AvgIpc) is 2.89. The average molecular weight is 520 g/mol. The van der Waals surface area contributed by atoms with E-state index < -0.39 is 22.9 Å². The van der Waals surface area contributed by atoms with Crippen LogP contribution in [-0.4, -0.2) is 59.6 Å². The molecule has 4 rings (SSSR count). The van der Waals surface area contributed by atoms with E-state index in [9.17, 15) is 19.1 Å². The van der Waals surface area contributed by atoms with Gasteiger partial charge in [0.15, 0.2) is 17.4 Å². The lowest BCUT2D eigenvalue weighted by molar-refractivity contribution is -0.158. The molecule has 1 saturated heterocycles. The summed E-state index contributed by atoms with van der Waals surface area (Å²) in [4.78, 5) is 32.0. The highest BCUT2D eigenvalue weighted by molar-refractivity contribution is 6.30. The van der Waals surface area contributed by atoms with Crippen molar-refractivity contribution in [3.05, 3.63) is 69.0 Å². The predicted molar refractivity (Wildman–Crippen MR) is 131 cm³/mol. The number of aliphatic hydroxyl groups is 1. The second-order valence-electron chi connectivity index (χ2n) is 8.65. The van der Waals surface area contributed by atoms with Crippen LogP contribution >= 0.6 is 11.6 Å². The topological polar surface area (TPSA) is 123 Å². The Morgan fingerprint density at radius 1 is 1.39 bits per heavy atom. The number of nitrogens with one attached hydrogen (secondary N) is 2. The maximum atomic E-state index is 14.6. The molecule has 1 fully saturated rings. The molecule has 1 aliphatic heterocycles. The van der Waals surface area contributed by atoms with Gasteiger partial charge >= 0.3 is 0 Å². The zero-order chi connectivity index (χ0) is 25.7. The summed E-state index contributed by atoms with van der Waals surface area (Å²) in [6, 6.07) is 9.46. The molecule has 11 heteroatoms. The number of amides is 1. The maximum Gasteiger partial charge on any atom is 0.287 e. The van der Waals surface area contributed by atoms with Crippen molar-refractivity contribution in [3.8, 4) is 5.75 Å². The monoisotopic (exact) mass is 519 g/mol. The highest BCUT2D eigenvalue weighted by Crippen LogP contribution is 2.29. The number of fused-ring (bicyclic) bond motifs is 1. The Bertz CT molecular complexity index is 1290. The summed E-state index contributed by atoms with van der Waals surface area (Å²) in [6.45, 7) is 0.399. The molecule has 3 N–H and O–H groups in total. The number of aromatic amines is 1. The molecule has 1 aromatic heterocycles. The van der Waals surface area contributed by atoms with E-state index in [1.165, 1.54) is 13.2 Å². The minimum Gasteiger partial charge on any atom is -0.489 e. The van der Waals surface area contributed by atoms with Crippen molar-refractivity contribution in [1.82, 2.24) is 15.3 Å². The number of benzene rings is 2. The van der Waals surface area contributed by atoms with Crippen LogP contribution in [0.3, 0.4) is 0 Å². The first kappa shape index (κ1) is 26.0. The number of carbonyl (C=O) groups excluding carboxylic acids is 1. The molecule has 2 atom stereocenters. The third-order valence-electron chi connectivity index (χ3n) is 6.25. The number of nitrogens with zero attached hydrogens (tertiary/aromatic N) is 1. The van der Waals surface area contributed by atoms with Gasteiger partial charge in [0.05, 0.1) is 31.4 Å². The van der Waals surface area contributed by atoms with E-state index in [1.54, 1.807) is 24.3 Å². The number of hydrogen-bond acceptors (Lipinski definition) is 7. The van der Waals surface area contributed by atoms with Crippen LogP contribution in [0.15, 0.2) is 41.2 Å². The van der Waals surface area contributed by atoms with Gasteiger partial charge in [-0.05, 0) is 42.7 Å². The van der Waals surface area contributed by atoms with Crippen LogP contribution < -0.4 is 15.6 Å². The second kappa shape index (κ2) is 11.3. The van der Waals surface area contributed by atoms with Crippen molar-refractivity contribution in [3.63, 3.8) is 0 Å². The molecule has 2 heterocycles.